The van der Waals surface area contributed by atoms with Gasteiger partial charge < -0.3 is 9.80 Å². The minimum absolute atomic E-state index is 0.0571. The van der Waals surface area contributed by atoms with Gasteiger partial charge in [-0.15, -0.1) is 0 Å². The fourth-order valence-electron chi connectivity index (χ4n) is 4.61. The molecule has 0 N–H and O–H groups in total. The summed E-state index contributed by atoms with van der Waals surface area (Å²) in [6, 6.07) is 15.2. The second-order valence-corrected chi connectivity index (χ2v) is 9.24. The van der Waals surface area contributed by atoms with Crippen molar-refractivity contribution in [2.75, 3.05) is 18.0 Å². The van der Waals surface area contributed by atoms with Crippen LogP contribution < -0.4 is 4.90 Å². The third-order valence-electron chi connectivity index (χ3n) is 6.76. The molecule has 1 saturated heterocycles. The molecule has 1 fully saturated rings. The number of benzene rings is 2. The van der Waals surface area contributed by atoms with Gasteiger partial charge in [-0.1, -0.05) is 36.9 Å². The van der Waals surface area contributed by atoms with Gasteiger partial charge in [0, 0.05) is 40.9 Å². The first-order chi connectivity index (χ1) is 16.3. The zero-order chi connectivity index (χ0) is 24.2. The summed E-state index contributed by atoms with van der Waals surface area (Å²) in [5, 5.41) is 7.36. The third kappa shape index (κ3) is 5.41. The van der Waals surface area contributed by atoms with Gasteiger partial charge >= 0.3 is 0 Å². The molecule has 0 spiro atoms. The van der Waals surface area contributed by atoms with E-state index in [1.165, 1.54) is 6.07 Å². The molecule has 2 aromatic rings. The quantitative estimate of drug-likeness (QED) is 0.457. The van der Waals surface area contributed by atoms with Crippen LogP contribution in [0.15, 0.2) is 71.0 Å². The second kappa shape index (κ2) is 10.6. The summed E-state index contributed by atoms with van der Waals surface area (Å²) in [4.78, 5) is 4.57. The van der Waals surface area contributed by atoms with E-state index in [1.54, 1.807) is 12.1 Å². The van der Waals surface area contributed by atoms with E-state index in [9.17, 15) is 8.78 Å². The van der Waals surface area contributed by atoms with Crippen LogP contribution in [0, 0.1) is 11.7 Å². The lowest BCUT2D eigenvalue weighted by atomic mass is 9.92. The fourth-order valence-corrected chi connectivity index (χ4v) is 4.61. The van der Waals surface area contributed by atoms with Crippen molar-refractivity contribution in [2.24, 2.45) is 16.1 Å². The largest absolute Gasteiger partial charge is 0.341 e. The fraction of sp³-hybridized carbons (Fsp3) is 0.407. The van der Waals surface area contributed by atoms with Crippen molar-refractivity contribution in [3.05, 3.63) is 77.8 Å². The van der Waals surface area contributed by atoms with Crippen LogP contribution in [0.5, 0.6) is 0 Å². The van der Waals surface area contributed by atoms with Crippen LogP contribution in [0.2, 0.25) is 0 Å². The lowest BCUT2D eigenvalue weighted by molar-refractivity contribution is 0.160. The summed E-state index contributed by atoms with van der Waals surface area (Å²) < 4.78 is 40.9. The Morgan fingerprint density at radius 3 is 2.38 bits per heavy atom. The number of hydrogen-bond acceptors (Lipinski definition) is 4. The first kappa shape index (κ1) is 24.2. The zero-order valence-electron chi connectivity index (χ0n) is 19.7. The number of alkyl halides is 2. The highest BCUT2D eigenvalue weighted by molar-refractivity contribution is 6.15. The molecule has 0 saturated carbocycles. The number of hydrogen-bond donors (Lipinski definition) is 0. The van der Waals surface area contributed by atoms with Gasteiger partial charge in [-0.3, -0.25) is 0 Å². The van der Waals surface area contributed by atoms with E-state index >= 15 is 4.39 Å². The van der Waals surface area contributed by atoms with Gasteiger partial charge in [0.15, 0.2) is 0 Å². The first-order valence-corrected chi connectivity index (χ1v) is 11.8. The molecule has 0 unspecified atom stereocenters. The summed E-state index contributed by atoms with van der Waals surface area (Å²) in [5.74, 6) is -0.0654. The summed E-state index contributed by atoms with van der Waals surface area (Å²) >= 11 is 0. The number of likely N-dealkylation sites (tertiary alicyclic amines) is 1. The molecule has 0 aliphatic carbocycles. The summed E-state index contributed by atoms with van der Waals surface area (Å²) in [7, 11) is 0. The van der Waals surface area contributed by atoms with Gasteiger partial charge in [-0.25, -0.2) is 13.2 Å². The minimum atomic E-state index is -2.65. The van der Waals surface area contributed by atoms with Gasteiger partial charge in [0.05, 0.1) is 12.3 Å². The topological polar surface area (TPSA) is 31.2 Å². The second-order valence-electron chi connectivity index (χ2n) is 9.24. The monoisotopic (exact) mass is 468 g/mol. The van der Waals surface area contributed by atoms with Crippen molar-refractivity contribution in [3.8, 4) is 0 Å². The summed E-state index contributed by atoms with van der Waals surface area (Å²) in [5.41, 5.74) is 3.04. The van der Waals surface area contributed by atoms with E-state index in [0.29, 0.717) is 35.3 Å². The van der Waals surface area contributed by atoms with Crippen molar-refractivity contribution in [2.45, 2.75) is 52.1 Å². The SMILES string of the molecule is C=C(C1CCN(C(C)C)CC1)N(Cc1ccc(C2=NN=C(C(F)F)C2)cc1F)c1ccccc1. The van der Waals surface area contributed by atoms with E-state index in [4.69, 9.17) is 0 Å². The standard InChI is InChI=1S/C27H31F3N4/c1-18(2)33-13-11-20(12-14-33)19(3)34(23-7-5-4-6-8-23)17-22-10-9-21(15-24(22)28)25-16-26(27(29)30)32-31-25/h4-10,15,18,20,27H,3,11-14,16-17H2,1-2H3. The average molecular weight is 469 g/mol. The lowest BCUT2D eigenvalue weighted by Gasteiger charge is -2.39. The molecule has 7 heteroatoms. The summed E-state index contributed by atoms with van der Waals surface area (Å²) in [6.45, 7) is 11.3. The maximum Gasteiger partial charge on any atom is 0.278 e. The molecule has 4 rings (SSSR count). The average Bonchev–Trinajstić information content (AvgIpc) is 3.34. The molecule has 2 aliphatic heterocycles. The Morgan fingerprint density at radius 1 is 1.09 bits per heavy atom. The molecular weight excluding hydrogens is 437 g/mol. The van der Waals surface area contributed by atoms with E-state index in [0.717, 1.165) is 37.3 Å². The maximum atomic E-state index is 15.2. The highest BCUT2D eigenvalue weighted by Crippen LogP contribution is 2.32. The molecule has 2 aliphatic rings. The molecule has 34 heavy (non-hydrogen) atoms. The molecule has 0 atom stereocenters. The van der Waals surface area contributed by atoms with Crippen LogP contribution in [0.4, 0.5) is 18.9 Å². The summed E-state index contributed by atoms with van der Waals surface area (Å²) in [6.07, 6.45) is -0.663. The number of para-hydroxylation sites is 1. The normalized spacial score (nSPS) is 17.3. The van der Waals surface area contributed by atoms with Gasteiger partial charge in [0.2, 0.25) is 0 Å². The lowest BCUT2D eigenvalue weighted by Crippen LogP contribution is -2.40. The number of anilines is 1. The van der Waals surface area contributed by atoms with E-state index < -0.39 is 12.2 Å². The van der Waals surface area contributed by atoms with Crippen molar-refractivity contribution in [1.29, 1.82) is 0 Å². The smallest absolute Gasteiger partial charge is 0.278 e. The van der Waals surface area contributed by atoms with Crippen molar-refractivity contribution < 1.29 is 13.2 Å². The van der Waals surface area contributed by atoms with Gasteiger partial charge in [-0.05, 0) is 58.0 Å². The Bertz CT molecular complexity index is 1070. The van der Waals surface area contributed by atoms with E-state index in [-0.39, 0.29) is 12.1 Å². The Labute approximate surface area is 199 Å². The van der Waals surface area contributed by atoms with Gasteiger partial charge in [0.25, 0.3) is 6.43 Å². The predicted molar refractivity (Wildman–Crippen MR) is 132 cm³/mol. The van der Waals surface area contributed by atoms with Gasteiger partial charge in [-0.2, -0.15) is 10.2 Å². The Kier molecular flexibility index (Phi) is 7.51. The number of rotatable bonds is 8. The first-order valence-electron chi connectivity index (χ1n) is 11.8. The minimum Gasteiger partial charge on any atom is -0.341 e. The molecule has 2 aromatic carbocycles. The highest BCUT2D eigenvalue weighted by atomic mass is 19.3. The van der Waals surface area contributed by atoms with Crippen molar-refractivity contribution in [1.82, 2.24) is 4.90 Å². The van der Waals surface area contributed by atoms with E-state index in [1.807, 2.05) is 30.3 Å². The van der Waals surface area contributed by atoms with Crippen LogP contribution in [-0.4, -0.2) is 41.9 Å². The van der Waals surface area contributed by atoms with Crippen LogP contribution in [0.3, 0.4) is 0 Å². The van der Waals surface area contributed by atoms with E-state index in [2.05, 4.69) is 40.4 Å². The van der Waals surface area contributed by atoms with Crippen LogP contribution in [-0.2, 0) is 6.54 Å². The zero-order valence-corrected chi connectivity index (χ0v) is 19.7. The van der Waals surface area contributed by atoms with Crippen LogP contribution in [0.1, 0.15) is 44.2 Å². The predicted octanol–water partition coefficient (Wildman–Crippen LogP) is 6.28. The number of allylic oxidation sites excluding steroid dienone is 1. The molecule has 180 valence electrons. The van der Waals surface area contributed by atoms with Crippen molar-refractivity contribution in [3.63, 3.8) is 0 Å². The Balaban J connectivity index is 1.52. The van der Waals surface area contributed by atoms with Crippen molar-refractivity contribution >= 4 is 17.1 Å². The molecule has 2 heterocycles. The van der Waals surface area contributed by atoms with Crippen LogP contribution >= 0.6 is 0 Å². The molecular formula is C27H31F3N4. The Morgan fingerprint density at radius 2 is 1.79 bits per heavy atom. The molecule has 4 nitrogen and oxygen atoms in total. The third-order valence-corrected chi connectivity index (χ3v) is 6.76. The number of halogens is 3. The molecule has 0 radical (unpaired) electrons. The number of nitrogens with zero attached hydrogens (tertiary/aromatic N) is 4. The number of piperidine rings is 1. The molecule has 0 amide bonds. The Hall–Kier alpha value is -2.93. The van der Waals surface area contributed by atoms with Crippen LogP contribution in [0.25, 0.3) is 0 Å². The molecule has 0 aromatic heterocycles. The highest BCUT2D eigenvalue weighted by Gasteiger charge is 2.27. The van der Waals surface area contributed by atoms with Gasteiger partial charge in [0.1, 0.15) is 11.5 Å². The molecule has 0 bridgehead atoms. The maximum absolute atomic E-state index is 15.2.